The molecule has 1 fully saturated rings. The summed E-state index contributed by atoms with van der Waals surface area (Å²) < 4.78 is 0. The number of hydrogen-bond donors (Lipinski definition) is 3. The van der Waals surface area contributed by atoms with Crippen molar-refractivity contribution >= 4 is 23.4 Å². The van der Waals surface area contributed by atoms with E-state index in [-0.39, 0.29) is 36.2 Å². The van der Waals surface area contributed by atoms with Gasteiger partial charge in [-0.2, -0.15) is 0 Å². The average Bonchev–Trinajstić information content (AvgIpc) is 3.11. The number of nitrogens with zero attached hydrogens (tertiary/aromatic N) is 1. The third kappa shape index (κ3) is 5.35. The van der Waals surface area contributed by atoms with E-state index in [0.717, 1.165) is 48.9 Å². The molecule has 0 unspecified atom stereocenters. The Labute approximate surface area is 203 Å². The Hall–Kier alpha value is -2.67. The van der Waals surface area contributed by atoms with Crippen LogP contribution in [0.25, 0.3) is 0 Å². The van der Waals surface area contributed by atoms with Crippen LogP contribution in [0.2, 0.25) is 0 Å². The molecule has 7 heteroatoms. The Morgan fingerprint density at radius 3 is 2.47 bits per heavy atom. The van der Waals surface area contributed by atoms with E-state index in [9.17, 15) is 14.4 Å². The molecule has 0 spiro atoms. The van der Waals surface area contributed by atoms with Gasteiger partial charge in [-0.05, 0) is 56.2 Å². The minimum absolute atomic E-state index is 0.0302. The van der Waals surface area contributed by atoms with Gasteiger partial charge in [0.2, 0.25) is 17.7 Å². The largest absolute Gasteiger partial charge is 0.396 e. The number of amides is 3. The minimum Gasteiger partial charge on any atom is -0.396 e. The predicted octanol–water partition coefficient (Wildman–Crippen LogP) is 3.20. The van der Waals surface area contributed by atoms with Crippen LogP contribution >= 0.6 is 0 Å². The second-order valence-corrected chi connectivity index (χ2v) is 9.62. The van der Waals surface area contributed by atoms with E-state index in [1.807, 2.05) is 51.1 Å². The van der Waals surface area contributed by atoms with E-state index in [4.69, 9.17) is 5.11 Å². The number of aryl methyl sites for hydroxylation is 2. The Morgan fingerprint density at radius 1 is 1.06 bits per heavy atom. The van der Waals surface area contributed by atoms with Gasteiger partial charge in [0.25, 0.3) is 0 Å². The van der Waals surface area contributed by atoms with Crippen LogP contribution in [0.3, 0.4) is 0 Å². The topological polar surface area (TPSA) is 98.7 Å². The first-order valence-electron chi connectivity index (χ1n) is 12.5. The van der Waals surface area contributed by atoms with Gasteiger partial charge in [-0.25, -0.2) is 0 Å². The van der Waals surface area contributed by atoms with Crippen LogP contribution in [0.5, 0.6) is 0 Å². The Kier molecular flexibility index (Phi) is 8.89. The summed E-state index contributed by atoms with van der Waals surface area (Å²) in [5.74, 6) is -1.85. The average molecular weight is 470 g/mol. The number of anilines is 1. The number of carbonyl (C=O) groups is 3. The van der Waals surface area contributed by atoms with Crippen molar-refractivity contribution in [3.63, 3.8) is 0 Å². The van der Waals surface area contributed by atoms with Crippen molar-refractivity contribution in [3.8, 4) is 0 Å². The number of benzene rings is 1. The summed E-state index contributed by atoms with van der Waals surface area (Å²) in [7, 11) is 1.60. The number of fused-ring (bicyclic) bond motifs is 1. The maximum Gasteiger partial charge on any atom is 0.247 e. The molecule has 1 aromatic rings. The lowest BCUT2D eigenvalue weighted by molar-refractivity contribution is -0.140. The third-order valence-electron chi connectivity index (χ3n) is 7.36. The second-order valence-electron chi connectivity index (χ2n) is 9.62. The van der Waals surface area contributed by atoms with Crippen molar-refractivity contribution < 1.29 is 19.5 Å². The first-order chi connectivity index (χ1) is 16.3. The summed E-state index contributed by atoms with van der Waals surface area (Å²) in [6, 6.07) is 5.26. The number of carbonyl (C=O) groups excluding carboxylic acids is 3. The Morgan fingerprint density at radius 2 is 1.79 bits per heavy atom. The monoisotopic (exact) mass is 469 g/mol. The number of aliphatic hydroxyl groups is 1. The van der Waals surface area contributed by atoms with Crippen molar-refractivity contribution in [3.05, 3.63) is 41.5 Å². The van der Waals surface area contributed by atoms with E-state index >= 15 is 0 Å². The first-order valence-corrected chi connectivity index (χ1v) is 12.5. The Bertz CT molecular complexity index is 928. The Balaban J connectivity index is 1.92. The van der Waals surface area contributed by atoms with Crippen LogP contribution in [0.4, 0.5) is 5.69 Å². The van der Waals surface area contributed by atoms with E-state index in [1.165, 1.54) is 0 Å². The molecule has 186 valence electrons. The molecule has 34 heavy (non-hydrogen) atoms. The van der Waals surface area contributed by atoms with E-state index in [1.54, 1.807) is 11.9 Å². The van der Waals surface area contributed by atoms with Gasteiger partial charge < -0.3 is 20.6 Å². The number of rotatable bonds is 10. The van der Waals surface area contributed by atoms with Crippen LogP contribution < -0.4 is 10.6 Å². The minimum atomic E-state index is -0.656. The maximum atomic E-state index is 13.7. The van der Waals surface area contributed by atoms with Crippen molar-refractivity contribution in [2.24, 2.45) is 23.7 Å². The summed E-state index contributed by atoms with van der Waals surface area (Å²) in [6.45, 7) is 6.57. The zero-order valence-corrected chi connectivity index (χ0v) is 20.8. The first kappa shape index (κ1) is 25.9. The highest BCUT2D eigenvalue weighted by molar-refractivity contribution is 6.02. The van der Waals surface area contributed by atoms with Crippen LogP contribution in [-0.4, -0.2) is 54.0 Å². The van der Waals surface area contributed by atoms with Crippen molar-refractivity contribution in [1.82, 2.24) is 10.2 Å². The molecule has 2 aliphatic rings. The summed E-state index contributed by atoms with van der Waals surface area (Å²) in [5.41, 5.74) is 2.76. The van der Waals surface area contributed by atoms with Crippen molar-refractivity contribution in [2.45, 2.75) is 58.9 Å². The predicted molar refractivity (Wildman–Crippen MR) is 133 cm³/mol. The van der Waals surface area contributed by atoms with Gasteiger partial charge in [0.15, 0.2) is 0 Å². The van der Waals surface area contributed by atoms with Crippen LogP contribution in [0.1, 0.15) is 50.2 Å². The lowest BCUT2D eigenvalue weighted by Crippen LogP contribution is -2.45. The van der Waals surface area contributed by atoms with Crippen molar-refractivity contribution in [1.29, 1.82) is 0 Å². The number of allylic oxidation sites excluding steroid dienone is 1. The molecule has 0 aromatic heterocycles. The van der Waals surface area contributed by atoms with Gasteiger partial charge in [-0.1, -0.05) is 44.1 Å². The highest BCUT2D eigenvalue weighted by Crippen LogP contribution is 2.45. The molecular weight excluding hydrogens is 430 g/mol. The molecule has 1 heterocycles. The fourth-order valence-corrected chi connectivity index (χ4v) is 5.48. The molecule has 0 bridgehead atoms. The van der Waals surface area contributed by atoms with E-state index in [2.05, 4.69) is 10.6 Å². The quantitative estimate of drug-likeness (QED) is 0.362. The fourth-order valence-electron chi connectivity index (χ4n) is 5.48. The molecule has 3 N–H and O–H groups in total. The van der Waals surface area contributed by atoms with Crippen LogP contribution in [0.15, 0.2) is 30.4 Å². The smallest absolute Gasteiger partial charge is 0.247 e. The number of likely N-dealkylation sites (tertiary alicyclic amines) is 1. The van der Waals surface area contributed by atoms with E-state index in [0.29, 0.717) is 6.54 Å². The standard InChI is InChI=1S/C27H39N3O4/c1-5-19-12-13-20-23(22(19)25(32)28-4)27(34)30(14-8-6-7-9-15-31)24(20)26(33)29-21-16-17(2)10-11-18(21)3/h10-13,16,19-20,22-24,31H,5-9,14-15H2,1-4H3,(H,28,32)(H,29,33)/t19-,20+,22-,23+,24+/m1/s1. The molecule has 1 aliphatic carbocycles. The summed E-state index contributed by atoms with van der Waals surface area (Å²) in [5, 5.41) is 14.9. The lowest BCUT2D eigenvalue weighted by atomic mass is 9.69. The molecule has 1 saturated heterocycles. The van der Waals surface area contributed by atoms with Gasteiger partial charge in [0.1, 0.15) is 6.04 Å². The molecule has 1 aromatic carbocycles. The molecule has 3 amide bonds. The normalized spacial score (nSPS) is 25.9. The lowest BCUT2D eigenvalue weighted by Gasteiger charge is -2.33. The number of hydrogen-bond acceptors (Lipinski definition) is 4. The highest BCUT2D eigenvalue weighted by Gasteiger charge is 2.56. The molecule has 1 aliphatic heterocycles. The van der Waals surface area contributed by atoms with Gasteiger partial charge in [-0.15, -0.1) is 0 Å². The van der Waals surface area contributed by atoms with E-state index < -0.39 is 17.9 Å². The van der Waals surface area contributed by atoms with Crippen molar-refractivity contribution in [2.75, 3.05) is 25.5 Å². The van der Waals surface area contributed by atoms with Gasteiger partial charge in [0, 0.05) is 31.8 Å². The maximum absolute atomic E-state index is 13.7. The molecule has 7 nitrogen and oxygen atoms in total. The van der Waals surface area contributed by atoms with Crippen LogP contribution in [-0.2, 0) is 14.4 Å². The summed E-state index contributed by atoms with van der Waals surface area (Å²) >= 11 is 0. The molecule has 5 atom stereocenters. The molecule has 3 rings (SSSR count). The summed E-state index contributed by atoms with van der Waals surface area (Å²) in [6.07, 6.45) is 8.01. The number of aliphatic hydroxyl groups excluding tert-OH is 1. The van der Waals surface area contributed by atoms with Gasteiger partial charge in [0.05, 0.1) is 11.8 Å². The highest BCUT2D eigenvalue weighted by atomic mass is 16.3. The third-order valence-corrected chi connectivity index (χ3v) is 7.36. The fraction of sp³-hybridized carbons (Fsp3) is 0.593. The zero-order valence-electron chi connectivity index (χ0n) is 20.8. The molecule has 0 radical (unpaired) electrons. The molecular formula is C27H39N3O4. The molecule has 0 saturated carbocycles. The number of unbranched alkanes of at least 4 members (excludes halogenated alkanes) is 3. The second kappa shape index (κ2) is 11.6. The SMILES string of the molecule is CC[C@@H]1C=C[C@H]2[C@H](C(=O)N(CCCCCCO)[C@@H]2C(=O)Nc2cc(C)ccc2C)[C@@H]1C(=O)NC. The number of nitrogens with one attached hydrogen (secondary N) is 2. The summed E-state index contributed by atoms with van der Waals surface area (Å²) in [4.78, 5) is 42.0. The van der Waals surface area contributed by atoms with Gasteiger partial charge in [-0.3, -0.25) is 14.4 Å². The van der Waals surface area contributed by atoms with Crippen LogP contribution in [0, 0.1) is 37.5 Å². The van der Waals surface area contributed by atoms with Gasteiger partial charge >= 0.3 is 0 Å². The zero-order chi connectivity index (χ0) is 24.8.